The lowest BCUT2D eigenvalue weighted by Gasteiger charge is -2.26. The summed E-state index contributed by atoms with van der Waals surface area (Å²) in [5, 5.41) is 4.04. The van der Waals surface area contributed by atoms with E-state index in [0.29, 0.717) is 37.0 Å². The molecule has 8 nitrogen and oxygen atoms in total. The summed E-state index contributed by atoms with van der Waals surface area (Å²) < 4.78 is 12.0. The second-order valence-electron chi connectivity index (χ2n) is 7.23. The van der Waals surface area contributed by atoms with Gasteiger partial charge in [0.15, 0.2) is 6.54 Å². The van der Waals surface area contributed by atoms with Gasteiger partial charge in [-0.1, -0.05) is 53.2 Å². The highest BCUT2D eigenvalue weighted by Gasteiger charge is 2.46. The van der Waals surface area contributed by atoms with Crippen LogP contribution in [0, 0.1) is 12.8 Å². The van der Waals surface area contributed by atoms with Gasteiger partial charge in [-0.25, -0.2) is 4.79 Å². The summed E-state index contributed by atoms with van der Waals surface area (Å²) in [5.41, 5.74) is 2.59. The number of hydrogen-bond donors (Lipinski definition) is 0. The quantitative estimate of drug-likeness (QED) is 0.518. The van der Waals surface area contributed by atoms with Crippen LogP contribution in [0.25, 0.3) is 11.4 Å². The van der Waals surface area contributed by atoms with Crippen molar-refractivity contribution in [2.24, 2.45) is 5.92 Å². The van der Waals surface area contributed by atoms with Crippen LogP contribution in [0.3, 0.4) is 0 Å². The molecule has 0 saturated carbocycles. The molecule has 0 radical (unpaired) electrons. The maximum Gasteiger partial charge on any atom is 0.501 e. The van der Waals surface area contributed by atoms with Gasteiger partial charge < -0.3 is 9.26 Å². The van der Waals surface area contributed by atoms with Gasteiger partial charge in [-0.2, -0.15) is 19.3 Å². The summed E-state index contributed by atoms with van der Waals surface area (Å²) in [6.07, 6.45) is 7.78. The Labute approximate surface area is 174 Å². The fourth-order valence-electron chi connectivity index (χ4n) is 3.52. The minimum absolute atomic E-state index is 0.0930. The average molecular weight is 407 g/mol. The first-order valence-corrected chi connectivity index (χ1v) is 9.81. The average Bonchev–Trinajstić information content (AvgIpc) is 3.23. The molecule has 154 valence electrons. The van der Waals surface area contributed by atoms with Gasteiger partial charge in [0, 0.05) is 25.7 Å². The molecular formula is C22H23N4O4+. The fraction of sp³-hybridized carbons (Fsp3) is 0.318. The van der Waals surface area contributed by atoms with Gasteiger partial charge in [0.2, 0.25) is 5.82 Å². The van der Waals surface area contributed by atoms with Crippen LogP contribution in [-0.4, -0.2) is 57.5 Å². The summed E-state index contributed by atoms with van der Waals surface area (Å²) in [6, 6.07) is 7.40. The summed E-state index contributed by atoms with van der Waals surface area (Å²) in [7, 11) is 1.59. The first kappa shape index (κ1) is 19.9. The van der Waals surface area contributed by atoms with Gasteiger partial charge in [0.1, 0.15) is 11.6 Å². The van der Waals surface area contributed by atoms with E-state index in [4.69, 9.17) is 9.26 Å². The number of amides is 3. The molecule has 0 saturated heterocycles. The summed E-state index contributed by atoms with van der Waals surface area (Å²) in [6.45, 7) is 2.86. The molecule has 1 unspecified atom stereocenters. The minimum Gasteiger partial charge on any atom is -0.385 e. The Hall–Kier alpha value is -3.39. The Morgan fingerprint density at radius 2 is 2.00 bits per heavy atom. The number of methoxy groups -OCH3 is 1. The van der Waals surface area contributed by atoms with Crippen LogP contribution < -0.4 is 0 Å². The van der Waals surface area contributed by atoms with Crippen LogP contribution in [0.5, 0.6) is 0 Å². The predicted molar refractivity (Wildman–Crippen MR) is 109 cm³/mol. The molecule has 2 aromatic rings. The smallest absolute Gasteiger partial charge is 0.385 e. The third-order valence-electron chi connectivity index (χ3n) is 5.11. The zero-order chi connectivity index (χ0) is 21.1. The number of rotatable bonds is 7. The Morgan fingerprint density at radius 3 is 2.77 bits per heavy atom. The summed E-state index contributed by atoms with van der Waals surface area (Å²) in [4.78, 5) is 31.7. The van der Waals surface area contributed by atoms with E-state index in [1.54, 1.807) is 19.3 Å². The van der Waals surface area contributed by atoms with Crippen LogP contribution in [-0.2, 0) is 16.1 Å². The van der Waals surface area contributed by atoms with Crippen molar-refractivity contribution in [1.82, 2.24) is 15.0 Å². The molecule has 4 rings (SSSR count). The number of carbonyl (C=O) groups is 2. The lowest BCUT2D eigenvalue weighted by molar-refractivity contribution is -0.460. The molecule has 1 atom stereocenters. The van der Waals surface area contributed by atoms with E-state index in [-0.39, 0.29) is 12.5 Å². The third-order valence-corrected chi connectivity index (χ3v) is 5.11. The third kappa shape index (κ3) is 3.86. The van der Waals surface area contributed by atoms with Crippen molar-refractivity contribution in [2.45, 2.75) is 19.9 Å². The minimum atomic E-state index is -0.505. The number of ether oxygens (including phenoxy) is 1. The van der Waals surface area contributed by atoms with E-state index in [0.717, 1.165) is 11.1 Å². The van der Waals surface area contributed by atoms with Crippen LogP contribution in [0.4, 0.5) is 4.79 Å². The highest BCUT2D eigenvalue weighted by Crippen LogP contribution is 2.22. The number of imide groups is 1. The molecular weight excluding hydrogens is 384 g/mol. The summed E-state index contributed by atoms with van der Waals surface area (Å²) >= 11 is 0. The zero-order valence-electron chi connectivity index (χ0n) is 16.9. The maximum absolute atomic E-state index is 13.1. The van der Waals surface area contributed by atoms with E-state index < -0.39 is 11.9 Å². The molecule has 30 heavy (non-hydrogen) atoms. The van der Waals surface area contributed by atoms with E-state index in [1.165, 1.54) is 9.48 Å². The Morgan fingerprint density at radius 1 is 1.20 bits per heavy atom. The van der Waals surface area contributed by atoms with Crippen molar-refractivity contribution in [3.8, 4) is 11.4 Å². The molecule has 1 aliphatic carbocycles. The van der Waals surface area contributed by atoms with E-state index in [1.807, 2.05) is 43.3 Å². The second kappa shape index (κ2) is 8.54. The normalized spacial score (nSPS) is 18.3. The first-order valence-electron chi connectivity index (χ1n) is 9.81. The Kier molecular flexibility index (Phi) is 5.67. The van der Waals surface area contributed by atoms with Crippen molar-refractivity contribution in [1.29, 1.82) is 0 Å². The number of urea groups is 1. The van der Waals surface area contributed by atoms with Crippen molar-refractivity contribution >= 4 is 17.6 Å². The standard InChI is InChI=1S/C22H23N4O4/c1-15-8-10-16(11-9-15)20-23-19(30-24-20)14-26-18-7-4-3-6-17(18)21(27)25(22(26)28)12-5-13-29-2/h3-4,6-11,17H,5,12-14H2,1-2H3/q+1. The van der Waals surface area contributed by atoms with Gasteiger partial charge in [0.25, 0.3) is 5.89 Å². The number of hydrogen-bond acceptors (Lipinski definition) is 6. The number of fused-ring (bicyclic) bond motifs is 1. The number of benzene rings is 1. The molecule has 1 aromatic carbocycles. The SMILES string of the molecule is COCCCN1C(=O)C2C=CC=CC2=[N+](Cc2nc(-c3ccc(C)cc3)no2)C1=O. The fourth-order valence-corrected chi connectivity index (χ4v) is 3.52. The van der Waals surface area contributed by atoms with Gasteiger partial charge in [0.05, 0.1) is 6.54 Å². The van der Waals surface area contributed by atoms with Gasteiger partial charge in [-0.3, -0.25) is 0 Å². The molecule has 3 amide bonds. The number of allylic oxidation sites excluding steroid dienone is 3. The lowest BCUT2D eigenvalue weighted by atomic mass is 9.94. The Bertz CT molecular complexity index is 1050. The number of aromatic nitrogens is 2. The molecule has 0 bridgehead atoms. The van der Waals surface area contributed by atoms with Crippen LogP contribution in [0.15, 0.2) is 53.1 Å². The first-order chi connectivity index (χ1) is 14.6. The highest BCUT2D eigenvalue weighted by atomic mass is 16.5. The van der Waals surface area contributed by atoms with Gasteiger partial charge >= 0.3 is 11.9 Å². The van der Waals surface area contributed by atoms with Crippen LogP contribution in [0.1, 0.15) is 17.9 Å². The maximum atomic E-state index is 13.1. The zero-order valence-corrected chi connectivity index (χ0v) is 16.9. The van der Waals surface area contributed by atoms with E-state index in [9.17, 15) is 9.59 Å². The van der Waals surface area contributed by atoms with Crippen LogP contribution in [0.2, 0.25) is 0 Å². The molecule has 0 N–H and O–H groups in total. The monoisotopic (exact) mass is 407 g/mol. The topological polar surface area (TPSA) is 88.5 Å². The van der Waals surface area contributed by atoms with Crippen molar-refractivity contribution < 1.29 is 23.4 Å². The van der Waals surface area contributed by atoms with Crippen molar-refractivity contribution in [2.75, 3.05) is 20.3 Å². The van der Waals surface area contributed by atoms with Gasteiger partial charge in [-0.15, -0.1) is 0 Å². The number of aryl methyl sites for hydroxylation is 1. The molecule has 0 spiro atoms. The summed E-state index contributed by atoms with van der Waals surface area (Å²) in [5.74, 6) is 0.0333. The van der Waals surface area contributed by atoms with Crippen molar-refractivity contribution in [3.05, 3.63) is 60.0 Å². The van der Waals surface area contributed by atoms with E-state index >= 15 is 0 Å². The van der Waals surface area contributed by atoms with Crippen molar-refractivity contribution in [3.63, 3.8) is 0 Å². The molecule has 8 heteroatoms. The number of carbonyl (C=O) groups excluding carboxylic acids is 2. The largest absolute Gasteiger partial charge is 0.501 e. The molecule has 1 aliphatic heterocycles. The van der Waals surface area contributed by atoms with E-state index in [2.05, 4.69) is 10.1 Å². The highest BCUT2D eigenvalue weighted by molar-refractivity contribution is 6.16. The molecule has 2 heterocycles. The molecule has 0 fully saturated rings. The lowest BCUT2D eigenvalue weighted by Crippen LogP contribution is -2.54. The van der Waals surface area contributed by atoms with Gasteiger partial charge in [-0.05, 0) is 13.0 Å². The molecule has 2 aliphatic rings. The Balaban J connectivity index is 1.62. The second-order valence-corrected chi connectivity index (χ2v) is 7.23. The van der Waals surface area contributed by atoms with Crippen LogP contribution >= 0.6 is 0 Å². The predicted octanol–water partition coefficient (Wildman–Crippen LogP) is 2.74. The number of nitrogens with zero attached hydrogens (tertiary/aromatic N) is 4. The molecule has 1 aromatic heterocycles.